The monoisotopic (exact) mass is 453 g/mol. The summed E-state index contributed by atoms with van der Waals surface area (Å²) < 4.78 is 13.8. The number of hydrogen-bond acceptors (Lipinski definition) is 6. The Labute approximate surface area is 171 Å². The number of hydrogen-bond donors (Lipinski definition) is 1. The van der Waals surface area contributed by atoms with Gasteiger partial charge in [0.25, 0.3) is 0 Å². The predicted octanol–water partition coefficient (Wildman–Crippen LogP) is 4.52. The molecule has 0 saturated heterocycles. The minimum absolute atomic E-state index is 0.194. The van der Waals surface area contributed by atoms with Crippen LogP contribution in [0.25, 0.3) is 11.0 Å². The average molecular weight is 455 g/mol. The number of nitrogens with zero attached hydrogens (tertiary/aromatic N) is 4. The summed E-state index contributed by atoms with van der Waals surface area (Å²) in [6.07, 6.45) is 3.80. The molecule has 1 N–H and O–H groups in total. The van der Waals surface area contributed by atoms with Crippen molar-refractivity contribution in [3.05, 3.63) is 33.6 Å². The maximum absolute atomic E-state index is 6.07. The molecule has 0 atom stereocenters. The van der Waals surface area contributed by atoms with E-state index in [4.69, 9.17) is 21.1 Å². The number of methoxy groups -OCH3 is 2. The molecule has 0 aliphatic heterocycles. The Morgan fingerprint density at radius 3 is 2.52 bits per heavy atom. The normalized spacial score (nSPS) is 11.0. The molecule has 1 aromatic carbocycles. The van der Waals surface area contributed by atoms with Gasteiger partial charge in [0.05, 0.1) is 32.5 Å². The van der Waals surface area contributed by atoms with E-state index in [0.29, 0.717) is 29.4 Å². The Kier molecular flexibility index (Phi) is 6.38. The van der Waals surface area contributed by atoms with Crippen LogP contribution >= 0.6 is 27.5 Å². The molecule has 3 rings (SSSR count). The van der Waals surface area contributed by atoms with Crippen LogP contribution in [0.5, 0.6) is 11.5 Å². The summed E-state index contributed by atoms with van der Waals surface area (Å²) in [5.74, 6) is 2.09. The number of ether oxygens (including phenoxy) is 2. The molecule has 2 aromatic heterocycles. The minimum Gasteiger partial charge on any atom is -0.496 e. The van der Waals surface area contributed by atoms with E-state index in [1.54, 1.807) is 20.4 Å². The van der Waals surface area contributed by atoms with Gasteiger partial charge in [-0.1, -0.05) is 29.3 Å². The molecular formula is C18H21BrClN5O2. The molecule has 0 spiro atoms. The maximum atomic E-state index is 6.07. The van der Waals surface area contributed by atoms with Gasteiger partial charge in [0, 0.05) is 11.0 Å². The van der Waals surface area contributed by atoms with Crippen molar-refractivity contribution < 1.29 is 9.47 Å². The van der Waals surface area contributed by atoms with E-state index in [1.807, 2.05) is 16.8 Å². The molecule has 0 radical (unpaired) electrons. The first kappa shape index (κ1) is 19.7. The van der Waals surface area contributed by atoms with Crippen LogP contribution in [0.4, 0.5) is 5.82 Å². The van der Waals surface area contributed by atoms with Gasteiger partial charge in [-0.15, -0.1) is 0 Å². The SMILES string of the molecule is CCCCNc1nc(Cl)nc2cnn(Cc3c(OC)cc(Br)cc3OC)c12. The highest BCUT2D eigenvalue weighted by Crippen LogP contribution is 2.34. The first-order chi connectivity index (χ1) is 13.1. The molecular weight excluding hydrogens is 434 g/mol. The second-order valence-electron chi connectivity index (χ2n) is 5.95. The summed E-state index contributed by atoms with van der Waals surface area (Å²) >= 11 is 9.55. The number of fused-ring (bicyclic) bond motifs is 1. The topological polar surface area (TPSA) is 74.1 Å². The van der Waals surface area contributed by atoms with E-state index in [9.17, 15) is 0 Å². The highest BCUT2D eigenvalue weighted by molar-refractivity contribution is 9.10. The van der Waals surface area contributed by atoms with Gasteiger partial charge >= 0.3 is 0 Å². The highest BCUT2D eigenvalue weighted by Gasteiger charge is 2.17. The number of halogens is 2. The molecule has 7 nitrogen and oxygen atoms in total. The van der Waals surface area contributed by atoms with Crippen molar-refractivity contribution in [3.8, 4) is 11.5 Å². The summed E-state index contributed by atoms with van der Waals surface area (Å²) in [6.45, 7) is 3.38. The number of benzene rings is 1. The molecule has 0 aliphatic carbocycles. The molecule has 0 bridgehead atoms. The Bertz CT molecular complexity index is 922. The summed E-state index contributed by atoms with van der Waals surface area (Å²) in [4.78, 5) is 8.65. The van der Waals surface area contributed by atoms with Crippen LogP contribution in [0, 0.1) is 0 Å². The summed E-state index contributed by atoms with van der Waals surface area (Å²) in [5, 5.41) is 8.02. The third-order valence-electron chi connectivity index (χ3n) is 4.16. The van der Waals surface area contributed by atoms with Crippen LogP contribution in [-0.4, -0.2) is 40.5 Å². The molecule has 144 valence electrons. The Morgan fingerprint density at radius 1 is 1.19 bits per heavy atom. The smallest absolute Gasteiger partial charge is 0.225 e. The van der Waals surface area contributed by atoms with Crippen LogP contribution in [0.3, 0.4) is 0 Å². The van der Waals surface area contributed by atoms with Crippen LogP contribution in [0.15, 0.2) is 22.8 Å². The number of nitrogens with one attached hydrogen (secondary N) is 1. The fourth-order valence-corrected chi connectivity index (χ4v) is 3.45. The molecule has 2 heterocycles. The van der Waals surface area contributed by atoms with E-state index in [2.05, 4.69) is 43.2 Å². The van der Waals surface area contributed by atoms with Gasteiger partial charge in [0.1, 0.15) is 22.5 Å². The van der Waals surface area contributed by atoms with Gasteiger partial charge in [0.2, 0.25) is 5.28 Å². The number of aromatic nitrogens is 4. The van der Waals surface area contributed by atoms with Crippen molar-refractivity contribution in [1.82, 2.24) is 19.7 Å². The van der Waals surface area contributed by atoms with Crippen LogP contribution < -0.4 is 14.8 Å². The number of unbranched alkanes of at least 4 members (excludes halogenated alkanes) is 1. The molecule has 0 saturated carbocycles. The number of rotatable bonds is 8. The molecule has 9 heteroatoms. The first-order valence-electron chi connectivity index (χ1n) is 8.60. The maximum Gasteiger partial charge on any atom is 0.225 e. The highest BCUT2D eigenvalue weighted by atomic mass is 79.9. The Hall–Kier alpha value is -2.06. The molecule has 0 fully saturated rings. The van der Waals surface area contributed by atoms with Crippen molar-refractivity contribution in [2.75, 3.05) is 26.1 Å². The van der Waals surface area contributed by atoms with Gasteiger partial charge < -0.3 is 14.8 Å². The molecule has 0 unspecified atom stereocenters. The van der Waals surface area contributed by atoms with Crippen molar-refractivity contribution >= 4 is 44.4 Å². The van der Waals surface area contributed by atoms with Gasteiger partial charge in [0.15, 0.2) is 5.82 Å². The lowest BCUT2D eigenvalue weighted by Crippen LogP contribution is -2.10. The van der Waals surface area contributed by atoms with Crippen molar-refractivity contribution in [2.45, 2.75) is 26.3 Å². The van der Waals surface area contributed by atoms with Crippen molar-refractivity contribution in [3.63, 3.8) is 0 Å². The zero-order valence-electron chi connectivity index (χ0n) is 15.4. The minimum atomic E-state index is 0.194. The van der Waals surface area contributed by atoms with Gasteiger partial charge in [-0.05, 0) is 30.2 Å². The lowest BCUT2D eigenvalue weighted by molar-refractivity contribution is 0.382. The molecule has 0 aliphatic rings. The second-order valence-corrected chi connectivity index (χ2v) is 7.20. The van der Waals surface area contributed by atoms with E-state index < -0.39 is 0 Å². The Balaban J connectivity index is 2.06. The largest absolute Gasteiger partial charge is 0.496 e. The van der Waals surface area contributed by atoms with Crippen molar-refractivity contribution in [2.24, 2.45) is 0 Å². The van der Waals surface area contributed by atoms with Gasteiger partial charge in [-0.2, -0.15) is 10.1 Å². The quantitative estimate of drug-likeness (QED) is 0.398. The van der Waals surface area contributed by atoms with E-state index in [1.165, 1.54) is 0 Å². The second kappa shape index (κ2) is 8.75. The number of anilines is 1. The Morgan fingerprint density at radius 2 is 1.89 bits per heavy atom. The van der Waals surface area contributed by atoms with E-state index in [0.717, 1.165) is 34.9 Å². The van der Waals surface area contributed by atoms with Crippen LogP contribution in [0.1, 0.15) is 25.3 Å². The van der Waals surface area contributed by atoms with Crippen molar-refractivity contribution in [1.29, 1.82) is 0 Å². The average Bonchev–Trinajstić information content (AvgIpc) is 3.05. The summed E-state index contributed by atoms with van der Waals surface area (Å²) in [5.41, 5.74) is 2.36. The van der Waals surface area contributed by atoms with Gasteiger partial charge in [-0.3, -0.25) is 4.68 Å². The van der Waals surface area contributed by atoms with Gasteiger partial charge in [-0.25, -0.2) is 4.98 Å². The summed E-state index contributed by atoms with van der Waals surface area (Å²) in [6, 6.07) is 3.80. The summed E-state index contributed by atoms with van der Waals surface area (Å²) in [7, 11) is 3.26. The third kappa shape index (κ3) is 4.27. The van der Waals surface area contributed by atoms with Crippen LogP contribution in [-0.2, 0) is 6.54 Å². The van der Waals surface area contributed by atoms with Crippen LogP contribution in [0.2, 0.25) is 5.28 Å². The predicted molar refractivity (Wildman–Crippen MR) is 110 cm³/mol. The zero-order valence-corrected chi connectivity index (χ0v) is 17.8. The molecule has 27 heavy (non-hydrogen) atoms. The fourth-order valence-electron chi connectivity index (χ4n) is 2.85. The zero-order chi connectivity index (χ0) is 19.4. The lowest BCUT2D eigenvalue weighted by atomic mass is 10.1. The third-order valence-corrected chi connectivity index (χ3v) is 4.79. The lowest BCUT2D eigenvalue weighted by Gasteiger charge is -2.15. The molecule has 0 amide bonds. The fraction of sp³-hybridized carbons (Fsp3) is 0.389. The van der Waals surface area contributed by atoms with E-state index in [-0.39, 0.29) is 5.28 Å². The standard InChI is InChI=1S/C18H21BrClN5O2/c1-4-5-6-21-17-16-13(23-18(20)24-17)9-22-25(16)10-12-14(26-2)7-11(19)8-15(12)27-3/h7-9H,4-6,10H2,1-3H3,(H,21,23,24). The molecule has 3 aromatic rings. The first-order valence-corrected chi connectivity index (χ1v) is 9.77. The van der Waals surface area contributed by atoms with E-state index >= 15 is 0 Å².